The van der Waals surface area contributed by atoms with Gasteiger partial charge in [-0.25, -0.2) is 0 Å². The number of fused-ring (bicyclic) bond motifs is 5. The molecule has 0 atom stereocenters. The van der Waals surface area contributed by atoms with E-state index >= 15 is 0 Å². The molecule has 0 radical (unpaired) electrons. The highest BCUT2D eigenvalue weighted by Gasteiger charge is 2.17. The van der Waals surface area contributed by atoms with Gasteiger partial charge in [0.2, 0.25) is 0 Å². The summed E-state index contributed by atoms with van der Waals surface area (Å²) in [5.74, 6) is 0. The Hall–Kier alpha value is -2.32. The molecule has 1 aromatic heterocycles. The molecule has 0 bridgehead atoms. The van der Waals surface area contributed by atoms with Crippen LogP contribution >= 0.6 is 0 Å². The molecule has 2 heteroatoms. The Morgan fingerprint density at radius 1 is 0.696 bits per heavy atom. The molecular formula is C21H20N2. The van der Waals surface area contributed by atoms with Crippen LogP contribution in [-0.2, 0) is 6.67 Å². The van der Waals surface area contributed by atoms with Crippen molar-refractivity contribution in [1.82, 2.24) is 9.47 Å². The maximum absolute atomic E-state index is 2.57. The van der Waals surface area contributed by atoms with Crippen molar-refractivity contribution in [2.75, 3.05) is 13.1 Å². The van der Waals surface area contributed by atoms with Crippen LogP contribution in [0.1, 0.15) is 12.8 Å². The highest BCUT2D eigenvalue weighted by atomic mass is 15.3. The average Bonchev–Trinajstić information content (AvgIpc) is 3.22. The second-order valence-corrected chi connectivity index (χ2v) is 6.59. The summed E-state index contributed by atoms with van der Waals surface area (Å²) in [5, 5.41) is 5.46. The summed E-state index contributed by atoms with van der Waals surface area (Å²) in [6.45, 7) is 3.45. The van der Waals surface area contributed by atoms with E-state index in [9.17, 15) is 0 Å². The van der Waals surface area contributed by atoms with Gasteiger partial charge in [-0.1, -0.05) is 48.5 Å². The minimum absolute atomic E-state index is 1.00. The van der Waals surface area contributed by atoms with Gasteiger partial charge in [0, 0.05) is 10.8 Å². The highest BCUT2D eigenvalue weighted by Crippen LogP contribution is 2.35. The van der Waals surface area contributed by atoms with Gasteiger partial charge in [-0.2, -0.15) is 0 Å². The van der Waals surface area contributed by atoms with E-state index in [1.54, 1.807) is 0 Å². The number of para-hydroxylation sites is 1. The number of benzene rings is 3. The fourth-order valence-corrected chi connectivity index (χ4v) is 4.09. The smallest absolute Gasteiger partial charge is 0.0757 e. The topological polar surface area (TPSA) is 8.17 Å². The maximum atomic E-state index is 2.57. The van der Waals surface area contributed by atoms with Gasteiger partial charge in [0.15, 0.2) is 0 Å². The predicted octanol–water partition coefficient (Wildman–Crippen LogP) is 5.00. The van der Waals surface area contributed by atoms with Gasteiger partial charge in [0.25, 0.3) is 0 Å². The number of rotatable bonds is 2. The van der Waals surface area contributed by atoms with E-state index in [1.165, 1.54) is 58.5 Å². The first-order chi connectivity index (χ1) is 11.4. The molecule has 0 unspecified atom stereocenters. The molecule has 0 aliphatic carbocycles. The lowest BCUT2D eigenvalue weighted by molar-refractivity contribution is 0.279. The molecular weight excluding hydrogens is 280 g/mol. The third-order valence-electron chi connectivity index (χ3n) is 5.20. The molecule has 1 saturated heterocycles. The van der Waals surface area contributed by atoms with E-state index in [4.69, 9.17) is 0 Å². The molecule has 114 valence electrons. The van der Waals surface area contributed by atoms with Crippen LogP contribution in [-0.4, -0.2) is 22.6 Å². The van der Waals surface area contributed by atoms with Crippen molar-refractivity contribution >= 4 is 32.6 Å². The molecule has 23 heavy (non-hydrogen) atoms. The van der Waals surface area contributed by atoms with Gasteiger partial charge in [0.1, 0.15) is 0 Å². The van der Waals surface area contributed by atoms with Crippen molar-refractivity contribution in [3.63, 3.8) is 0 Å². The number of hydrogen-bond donors (Lipinski definition) is 0. The summed E-state index contributed by atoms with van der Waals surface area (Å²) in [7, 11) is 0. The SMILES string of the molecule is c1ccc2c(c1)ccc1c2c2ccccc2n1CN1CCCC1. The molecule has 2 heterocycles. The van der Waals surface area contributed by atoms with Gasteiger partial charge >= 0.3 is 0 Å². The van der Waals surface area contributed by atoms with Crippen molar-refractivity contribution in [1.29, 1.82) is 0 Å². The first kappa shape index (κ1) is 13.1. The summed E-state index contributed by atoms with van der Waals surface area (Å²) in [6.07, 6.45) is 2.67. The van der Waals surface area contributed by atoms with Crippen molar-refractivity contribution in [2.45, 2.75) is 19.5 Å². The summed E-state index contributed by atoms with van der Waals surface area (Å²) in [4.78, 5) is 2.57. The van der Waals surface area contributed by atoms with Gasteiger partial charge in [-0.05, 0) is 48.8 Å². The molecule has 0 N–H and O–H groups in total. The first-order valence-electron chi connectivity index (χ1n) is 8.53. The van der Waals surface area contributed by atoms with E-state index in [-0.39, 0.29) is 0 Å². The molecule has 0 saturated carbocycles. The summed E-state index contributed by atoms with van der Waals surface area (Å²) >= 11 is 0. The minimum Gasteiger partial charge on any atom is -0.327 e. The molecule has 3 aromatic carbocycles. The van der Waals surface area contributed by atoms with E-state index in [2.05, 4.69) is 70.1 Å². The summed E-state index contributed by atoms with van der Waals surface area (Å²) in [5.41, 5.74) is 2.71. The van der Waals surface area contributed by atoms with Crippen LogP contribution < -0.4 is 0 Å². The highest BCUT2D eigenvalue weighted by molar-refractivity contribution is 6.20. The van der Waals surface area contributed by atoms with Crippen LogP contribution in [0.15, 0.2) is 60.7 Å². The molecule has 2 nitrogen and oxygen atoms in total. The van der Waals surface area contributed by atoms with E-state index in [1.807, 2.05) is 0 Å². The Labute approximate surface area is 135 Å². The Balaban J connectivity index is 1.86. The standard InChI is InChI=1S/C21H20N2/c1-2-8-17-16(7-1)11-12-20-21(17)18-9-3-4-10-19(18)23(20)15-22-13-5-6-14-22/h1-4,7-12H,5-6,13-15H2. The van der Waals surface area contributed by atoms with Crippen LogP contribution in [0.4, 0.5) is 0 Å². The Kier molecular flexibility index (Phi) is 2.92. The summed E-state index contributed by atoms with van der Waals surface area (Å²) in [6, 6.07) is 22.1. The Bertz CT molecular complexity index is 1010. The lowest BCUT2D eigenvalue weighted by Crippen LogP contribution is -2.22. The zero-order chi connectivity index (χ0) is 15.2. The van der Waals surface area contributed by atoms with Crippen LogP contribution in [0.25, 0.3) is 32.6 Å². The van der Waals surface area contributed by atoms with Crippen LogP contribution in [0.5, 0.6) is 0 Å². The molecule has 1 aliphatic heterocycles. The fraction of sp³-hybridized carbons (Fsp3) is 0.238. The summed E-state index contributed by atoms with van der Waals surface area (Å²) < 4.78 is 2.50. The third-order valence-corrected chi connectivity index (χ3v) is 5.20. The number of nitrogens with zero attached hydrogens (tertiary/aromatic N) is 2. The second kappa shape index (κ2) is 5.10. The van der Waals surface area contributed by atoms with Gasteiger partial charge in [-0.3, -0.25) is 4.90 Å². The molecule has 0 spiro atoms. The molecule has 5 rings (SSSR count). The zero-order valence-electron chi connectivity index (χ0n) is 13.2. The first-order valence-corrected chi connectivity index (χ1v) is 8.53. The third kappa shape index (κ3) is 1.98. The van der Waals surface area contributed by atoms with Crippen molar-refractivity contribution < 1.29 is 0 Å². The largest absolute Gasteiger partial charge is 0.327 e. The van der Waals surface area contributed by atoms with Gasteiger partial charge in [0.05, 0.1) is 17.7 Å². The van der Waals surface area contributed by atoms with E-state index in [0.717, 1.165) is 6.67 Å². The number of aromatic nitrogens is 1. The Morgan fingerprint density at radius 3 is 2.30 bits per heavy atom. The second-order valence-electron chi connectivity index (χ2n) is 6.59. The van der Waals surface area contributed by atoms with Gasteiger partial charge < -0.3 is 4.57 Å². The van der Waals surface area contributed by atoms with E-state index < -0.39 is 0 Å². The quantitative estimate of drug-likeness (QED) is 0.505. The minimum atomic E-state index is 1.00. The normalized spacial score (nSPS) is 16.0. The number of hydrogen-bond acceptors (Lipinski definition) is 1. The van der Waals surface area contributed by atoms with Crippen molar-refractivity contribution in [3.05, 3.63) is 60.7 Å². The zero-order valence-corrected chi connectivity index (χ0v) is 13.2. The maximum Gasteiger partial charge on any atom is 0.0757 e. The lowest BCUT2D eigenvalue weighted by atomic mass is 10.0. The molecule has 4 aromatic rings. The van der Waals surface area contributed by atoms with Crippen LogP contribution in [0, 0.1) is 0 Å². The average molecular weight is 300 g/mol. The van der Waals surface area contributed by atoms with Crippen molar-refractivity contribution in [2.24, 2.45) is 0 Å². The predicted molar refractivity (Wildman–Crippen MR) is 97.8 cm³/mol. The van der Waals surface area contributed by atoms with E-state index in [0.29, 0.717) is 0 Å². The molecule has 1 fully saturated rings. The monoisotopic (exact) mass is 300 g/mol. The lowest BCUT2D eigenvalue weighted by Gasteiger charge is -2.17. The van der Waals surface area contributed by atoms with Gasteiger partial charge in [-0.15, -0.1) is 0 Å². The molecule has 1 aliphatic rings. The number of likely N-dealkylation sites (tertiary alicyclic amines) is 1. The Morgan fingerprint density at radius 2 is 1.43 bits per heavy atom. The van der Waals surface area contributed by atoms with Crippen LogP contribution in [0.3, 0.4) is 0 Å². The fourth-order valence-electron chi connectivity index (χ4n) is 4.09. The molecule has 0 amide bonds. The van der Waals surface area contributed by atoms with Crippen LogP contribution in [0.2, 0.25) is 0 Å². The van der Waals surface area contributed by atoms with Crippen molar-refractivity contribution in [3.8, 4) is 0 Å².